The highest BCUT2D eigenvalue weighted by atomic mass is 19.1. The normalized spacial score (nSPS) is 18.1. The van der Waals surface area contributed by atoms with Gasteiger partial charge in [-0.2, -0.15) is 0 Å². The quantitative estimate of drug-likeness (QED) is 0.318. The smallest absolute Gasteiger partial charge is 0.225 e. The van der Waals surface area contributed by atoms with Gasteiger partial charge in [0.05, 0.1) is 5.69 Å². The largest absolute Gasteiger partial charge is 0.386 e. The average molecular weight is 511 g/mol. The van der Waals surface area contributed by atoms with E-state index in [1.807, 2.05) is 72.6 Å². The number of piperidine rings is 1. The lowest BCUT2D eigenvalue weighted by Gasteiger charge is -2.49. The number of hydrogen-bond donors (Lipinski definition) is 1. The maximum atomic E-state index is 15.3. The fraction of sp³-hybridized carbons (Fsp3) is 0.258. The monoisotopic (exact) mass is 510 g/mol. The summed E-state index contributed by atoms with van der Waals surface area (Å²) in [5.41, 5.74) is 1.81. The molecule has 7 heteroatoms. The summed E-state index contributed by atoms with van der Waals surface area (Å²) in [5, 5.41) is 11.9. The summed E-state index contributed by atoms with van der Waals surface area (Å²) in [5.74, 6) is -0.00408. The third-order valence-electron chi connectivity index (χ3n) is 7.39. The number of aliphatic hydroxyl groups excluding tert-OH is 1. The number of amides is 1. The molecule has 0 bridgehead atoms. The van der Waals surface area contributed by atoms with Crippen LogP contribution in [-0.4, -0.2) is 40.0 Å². The van der Waals surface area contributed by atoms with Crippen molar-refractivity contribution in [2.75, 3.05) is 18.5 Å². The number of nitrogens with zero attached hydrogens (tertiary/aromatic N) is 4. The molecular weight excluding hydrogens is 479 g/mol. The fourth-order valence-electron chi connectivity index (χ4n) is 5.47. The number of hydrogen-bond acceptors (Lipinski definition) is 5. The van der Waals surface area contributed by atoms with E-state index in [2.05, 4.69) is 0 Å². The molecule has 6 nitrogen and oxygen atoms in total. The summed E-state index contributed by atoms with van der Waals surface area (Å²) in [6.07, 6.45) is 3.49. The third-order valence-corrected chi connectivity index (χ3v) is 7.39. The molecule has 1 fully saturated rings. The highest BCUT2D eigenvalue weighted by molar-refractivity contribution is 5.68. The van der Waals surface area contributed by atoms with Crippen LogP contribution in [0.1, 0.15) is 42.1 Å². The maximum Gasteiger partial charge on any atom is 0.225 e. The van der Waals surface area contributed by atoms with Gasteiger partial charge in [-0.05, 0) is 42.5 Å². The zero-order valence-corrected chi connectivity index (χ0v) is 21.4. The van der Waals surface area contributed by atoms with Crippen LogP contribution < -0.4 is 4.90 Å². The molecule has 5 rings (SSSR count). The molecular formula is C31H31FN4O2. The molecule has 0 radical (unpaired) electrons. The number of aromatic nitrogens is 2. The molecule has 2 unspecified atom stereocenters. The van der Waals surface area contributed by atoms with Gasteiger partial charge in [0.25, 0.3) is 0 Å². The summed E-state index contributed by atoms with van der Waals surface area (Å²) in [4.78, 5) is 25.6. The van der Waals surface area contributed by atoms with E-state index in [0.29, 0.717) is 47.8 Å². The van der Waals surface area contributed by atoms with Gasteiger partial charge in [0.2, 0.25) is 12.4 Å². The van der Waals surface area contributed by atoms with Crippen LogP contribution in [0, 0.1) is 5.82 Å². The molecule has 1 aliphatic rings. The first-order valence-electron chi connectivity index (χ1n) is 12.9. The molecule has 2 heterocycles. The van der Waals surface area contributed by atoms with E-state index in [9.17, 15) is 9.90 Å². The van der Waals surface area contributed by atoms with E-state index >= 15 is 4.39 Å². The number of halogens is 1. The first-order valence-corrected chi connectivity index (χ1v) is 12.9. The van der Waals surface area contributed by atoms with Gasteiger partial charge in [-0.15, -0.1) is 0 Å². The number of carbonyl (C=O) groups is 1. The molecule has 1 amide bonds. The Morgan fingerprint density at radius 2 is 1.71 bits per heavy atom. The Bertz CT molecular complexity index is 1390. The Hall–Kier alpha value is -4.10. The van der Waals surface area contributed by atoms with E-state index in [1.165, 1.54) is 6.07 Å². The van der Waals surface area contributed by atoms with E-state index in [1.54, 1.807) is 29.3 Å². The molecule has 2 atom stereocenters. The first-order chi connectivity index (χ1) is 18.5. The van der Waals surface area contributed by atoms with Crippen LogP contribution in [0.2, 0.25) is 0 Å². The second-order valence-electron chi connectivity index (χ2n) is 9.75. The minimum absolute atomic E-state index is 0.301. The fourth-order valence-corrected chi connectivity index (χ4v) is 5.47. The van der Waals surface area contributed by atoms with Crippen molar-refractivity contribution in [2.24, 2.45) is 0 Å². The Morgan fingerprint density at radius 1 is 1.03 bits per heavy atom. The predicted molar refractivity (Wildman–Crippen MR) is 146 cm³/mol. The van der Waals surface area contributed by atoms with Crippen molar-refractivity contribution in [3.05, 3.63) is 114 Å². The molecule has 3 aromatic carbocycles. The molecule has 0 spiro atoms. The van der Waals surface area contributed by atoms with Gasteiger partial charge in [0.1, 0.15) is 17.5 Å². The predicted octanol–water partition coefficient (Wildman–Crippen LogP) is 5.49. The minimum atomic E-state index is -1.16. The number of rotatable bonds is 8. The summed E-state index contributed by atoms with van der Waals surface area (Å²) >= 11 is 0. The van der Waals surface area contributed by atoms with Crippen LogP contribution in [0.5, 0.6) is 0 Å². The van der Waals surface area contributed by atoms with Gasteiger partial charge in [-0.3, -0.25) is 4.79 Å². The molecule has 1 aliphatic heterocycles. The number of benzene rings is 3. The number of anilines is 1. The Labute approximate surface area is 222 Å². The van der Waals surface area contributed by atoms with E-state index in [-0.39, 0.29) is 0 Å². The zero-order chi connectivity index (χ0) is 26.5. The van der Waals surface area contributed by atoms with E-state index < -0.39 is 17.5 Å². The van der Waals surface area contributed by atoms with Gasteiger partial charge in [0, 0.05) is 37.5 Å². The zero-order valence-electron chi connectivity index (χ0n) is 21.4. The highest BCUT2D eigenvalue weighted by Gasteiger charge is 2.49. The molecule has 1 N–H and O–H groups in total. The van der Waals surface area contributed by atoms with Crippen LogP contribution in [0.15, 0.2) is 91.1 Å². The van der Waals surface area contributed by atoms with Crippen LogP contribution in [0.25, 0.3) is 11.3 Å². The SMILES string of the molecule is CN(Cc1ccccc1)c1ncc(C2(C(O)c3ccccc3)CCCCN2C=O)c(-c2ccccc2F)n1. The average Bonchev–Trinajstić information content (AvgIpc) is 2.97. The second-order valence-corrected chi connectivity index (χ2v) is 9.75. The molecule has 4 aromatic rings. The number of carbonyl (C=O) groups excluding carboxylic acids is 1. The van der Waals surface area contributed by atoms with Crippen LogP contribution >= 0.6 is 0 Å². The first kappa shape index (κ1) is 25.5. The van der Waals surface area contributed by atoms with Crippen molar-refractivity contribution >= 4 is 12.4 Å². The van der Waals surface area contributed by atoms with Gasteiger partial charge in [-0.25, -0.2) is 14.4 Å². The molecule has 1 saturated heterocycles. The number of likely N-dealkylation sites (tertiary alicyclic amines) is 1. The molecule has 38 heavy (non-hydrogen) atoms. The highest BCUT2D eigenvalue weighted by Crippen LogP contribution is 2.49. The van der Waals surface area contributed by atoms with Crippen molar-refractivity contribution < 1.29 is 14.3 Å². The van der Waals surface area contributed by atoms with Gasteiger partial charge in [-0.1, -0.05) is 72.8 Å². The summed E-state index contributed by atoms with van der Waals surface area (Å²) in [6, 6.07) is 25.7. The van der Waals surface area contributed by atoms with E-state index in [4.69, 9.17) is 9.97 Å². The topological polar surface area (TPSA) is 69.6 Å². The molecule has 194 valence electrons. The third kappa shape index (κ3) is 4.77. The van der Waals surface area contributed by atoms with Crippen molar-refractivity contribution in [3.8, 4) is 11.3 Å². The van der Waals surface area contributed by atoms with Gasteiger partial charge >= 0.3 is 0 Å². The Balaban J connectivity index is 1.70. The second kappa shape index (κ2) is 11.1. The summed E-state index contributed by atoms with van der Waals surface area (Å²) < 4.78 is 15.3. The van der Waals surface area contributed by atoms with Crippen molar-refractivity contribution in [1.29, 1.82) is 0 Å². The standard InChI is InChI=1S/C31H31FN4O2/c1-35(21-23-12-4-2-5-13-23)30-33-20-26(28(34-30)25-16-8-9-17-27(25)32)31(18-10-11-19-36(31)22-37)29(38)24-14-6-3-7-15-24/h2-9,12-17,20,22,29,38H,10-11,18-19,21H2,1H3. The minimum Gasteiger partial charge on any atom is -0.386 e. The number of aliphatic hydroxyl groups is 1. The molecule has 1 aromatic heterocycles. The molecule has 0 aliphatic carbocycles. The summed E-state index contributed by atoms with van der Waals surface area (Å²) in [7, 11) is 1.89. The van der Waals surface area contributed by atoms with Crippen molar-refractivity contribution in [2.45, 2.75) is 37.5 Å². The van der Waals surface area contributed by atoms with E-state index in [0.717, 1.165) is 24.8 Å². The Kier molecular flexibility index (Phi) is 7.47. The maximum absolute atomic E-state index is 15.3. The van der Waals surface area contributed by atoms with Gasteiger partial charge < -0.3 is 14.9 Å². The summed E-state index contributed by atoms with van der Waals surface area (Å²) in [6.45, 7) is 1.04. The lowest BCUT2D eigenvalue weighted by atomic mass is 9.73. The Morgan fingerprint density at radius 3 is 2.42 bits per heavy atom. The van der Waals surface area contributed by atoms with Crippen molar-refractivity contribution in [1.82, 2.24) is 14.9 Å². The van der Waals surface area contributed by atoms with Crippen molar-refractivity contribution in [3.63, 3.8) is 0 Å². The lowest BCUT2D eigenvalue weighted by molar-refractivity contribution is -0.135. The molecule has 0 saturated carbocycles. The van der Waals surface area contributed by atoms with Crippen LogP contribution in [0.4, 0.5) is 10.3 Å². The van der Waals surface area contributed by atoms with Gasteiger partial charge in [0.15, 0.2) is 0 Å². The lowest BCUT2D eigenvalue weighted by Crippen LogP contribution is -2.53. The van der Waals surface area contributed by atoms with Crippen LogP contribution in [0.3, 0.4) is 0 Å². The van der Waals surface area contributed by atoms with Crippen LogP contribution in [-0.2, 0) is 16.9 Å².